The molecule has 3 aromatic carbocycles. The number of carbonyl (C=O) groups excluding carboxylic acids is 1. The van der Waals surface area contributed by atoms with Crippen LogP contribution in [-0.2, 0) is 12.8 Å². The number of aromatic nitrogens is 2. The zero-order valence-electron chi connectivity index (χ0n) is 18.9. The Morgan fingerprint density at radius 3 is 2.33 bits per heavy atom. The Kier molecular flexibility index (Phi) is 5.69. The third kappa shape index (κ3) is 3.91. The van der Waals surface area contributed by atoms with Gasteiger partial charge in [-0.3, -0.25) is 9.89 Å². The zero-order valence-corrected chi connectivity index (χ0v) is 18.9. The van der Waals surface area contributed by atoms with Gasteiger partial charge < -0.3 is 9.64 Å². The molecule has 0 bridgehead atoms. The van der Waals surface area contributed by atoms with Crippen LogP contribution in [0.15, 0.2) is 78.9 Å². The summed E-state index contributed by atoms with van der Waals surface area (Å²) in [5.74, 6) is 0.788. The minimum atomic E-state index is -0.182. The molecule has 5 rings (SSSR count). The normalized spacial score (nSPS) is 15.0. The monoisotopic (exact) mass is 437 g/mol. The summed E-state index contributed by atoms with van der Waals surface area (Å²) in [6.07, 6.45) is 1.78. The number of methoxy groups -OCH3 is 1. The summed E-state index contributed by atoms with van der Waals surface area (Å²) in [5, 5.41) is 7.60. The summed E-state index contributed by atoms with van der Waals surface area (Å²) < 4.78 is 5.31. The molecule has 4 aromatic rings. The Bertz CT molecular complexity index is 1240. The maximum atomic E-state index is 13.5. The lowest BCUT2D eigenvalue weighted by molar-refractivity contribution is 0.0746. The second-order valence-corrected chi connectivity index (χ2v) is 8.32. The summed E-state index contributed by atoms with van der Waals surface area (Å²) in [6, 6.07) is 26.5. The number of aromatic amines is 1. The van der Waals surface area contributed by atoms with Crippen LogP contribution in [0.4, 0.5) is 0 Å². The minimum Gasteiger partial charge on any atom is -0.497 e. The van der Waals surface area contributed by atoms with E-state index in [0.29, 0.717) is 12.2 Å². The third-order valence-electron chi connectivity index (χ3n) is 6.42. The van der Waals surface area contributed by atoms with Gasteiger partial charge in [0.15, 0.2) is 0 Å². The van der Waals surface area contributed by atoms with Crippen LogP contribution in [0.2, 0.25) is 0 Å². The highest BCUT2D eigenvalue weighted by Crippen LogP contribution is 2.43. The summed E-state index contributed by atoms with van der Waals surface area (Å²) in [6.45, 7) is 2.78. The van der Waals surface area contributed by atoms with Gasteiger partial charge in [-0.1, -0.05) is 61.5 Å². The number of rotatable bonds is 7. The third-order valence-corrected chi connectivity index (χ3v) is 6.42. The van der Waals surface area contributed by atoms with Crippen molar-refractivity contribution in [2.24, 2.45) is 0 Å². The molecular formula is C28H27N3O2. The molecule has 0 saturated heterocycles. The molecule has 0 radical (unpaired) electrons. The van der Waals surface area contributed by atoms with Crippen molar-refractivity contribution in [3.63, 3.8) is 0 Å². The summed E-state index contributed by atoms with van der Waals surface area (Å²) in [4.78, 5) is 15.5. The molecule has 0 unspecified atom stereocenters. The van der Waals surface area contributed by atoms with Gasteiger partial charge in [0.2, 0.25) is 0 Å². The van der Waals surface area contributed by atoms with Crippen LogP contribution < -0.4 is 4.74 Å². The first-order chi connectivity index (χ1) is 16.2. The largest absolute Gasteiger partial charge is 0.497 e. The molecule has 166 valence electrons. The molecule has 0 saturated carbocycles. The summed E-state index contributed by atoms with van der Waals surface area (Å²) in [7, 11) is 1.65. The summed E-state index contributed by atoms with van der Waals surface area (Å²) in [5.41, 5.74) is 6.90. The highest BCUT2D eigenvalue weighted by atomic mass is 16.5. The lowest BCUT2D eigenvalue weighted by Crippen LogP contribution is -2.31. The second-order valence-electron chi connectivity index (χ2n) is 8.32. The first-order valence-electron chi connectivity index (χ1n) is 11.4. The van der Waals surface area contributed by atoms with E-state index in [2.05, 4.69) is 53.5 Å². The van der Waals surface area contributed by atoms with Gasteiger partial charge in [-0.2, -0.15) is 5.10 Å². The fraction of sp³-hybridized carbons (Fsp3) is 0.214. The van der Waals surface area contributed by atoms with Crippen molar-refractivity contribution in [3.8, 4) is 17.0 Å². The van der Waals surface area contributed by atoms with E-state index < -0.39 is 0 Å². The molecule has 0 spiro atoms. The molecule has 1 aliphatic rings. The maximum absolute atomic E-state index is 13.5. The highest BCUT2D eigenvalue weighted by Gasteiger charge is 2.41. The van der Waals surface area contributed by atoms with Crippen LogP contribution >= 0.6 is 0 Å². The highest BCUT2D eigenvalue weighted by molar-refractivity contribution is 6.00. The van der Waals surface area contributed by atoms with Crippen molar-refractivity contribution in [3.05, 3.63) is 107 Å². The van der Waals surface area contributed by atoms with Crippen LogP contribution in [0.3, 0.4) is 0 Å². The van der Waals surface area contributed by atoms with Crippen LogP contribution in [0, 0.1) is 0 Å². The molecule has 1 aromatic heterocycles. The summed E-state index contributed by atoms with van der Waals surface area (Å²) >= 11 is 0. The Hall–Kier alpha value is -3.86. The van der Waals surface area contributed by atoms with Gasteiger partial charge in [0.1, 0.15) is 11.4 Å². The first-order valence-corrected chi connectivity index (χ1v) is 11.4. The average Bonchev–Trinajstić information content (AvgIpc) is 3.42. The molecule has 1 atom stereocenters. The molecule has 2 heterocycles. The average molecular weight is 438 g/mol. The van der Waals surface area contributed by atoms with E-state index in [9.17, 15) is 4.79 Å². The van der Waals surface area contributed by atoms with E-state index in [1.807, 2.05) is 47.4 Å². The van der Waals surface area contributed by atoms with E-state index in [4.69, 9.17) is 4.74 Å². The van der Waals surface area contributed by atoms with Crippen LogP contribution in [0.25, 0.3) is 11.3 Å². The van der Waals surface area contributed by atoms with Crippen LogP contribution in [0.1, 0.15) is 45.7 Å². The van der Waals surface area contributed by atoms with Gasteiger partial charge >= 0.3 is 0 Å². The number of H-pyrrole nitrogens is 1. The minimum absolute atomic E-state index is 0.00207. The molecule has 1 amide bonds. The van der Waals surface area contributed by atoms with Gasteiger partial charge in [-0.25, -0.2) is 0 Å². The van der Waals surface area contributed by atoms with Crippen molar-refractivity contribution >= 4 is 5.91 Å². The van der Waals surface area contributed by atoms with E-state index in [0.717, 1.165) is 41.0 Å². The Balaban J connectivity index is 1.56. The number of nitrogens with one attached hydrogen (secondary N) is 1. The van der Waals surface area contributed by atoms with Gasteiger partial charge in [0.25, 0.3) is 5.91 Å². The number of nitrogens with zero attached hydrogens (tertiary/aromatic N) is 2. The number of aryl methyl sites for hydroxylation is 1. The predicted molar refractivity (Wildman–Crippen MR) is 129 cm³/mol. The van der Waals surface area contributed by atoms with Crippen molar-refractivity contribution < 1.29 is 9.53 Å². The molecule has 1 N–H and O–H groups in total. The topological polar surface area (TPSA) is 58.2 Å². The predicted octanol–water partition coefficient (Wildman–Crippen LogP) is 5.44. The number of benzene rings is 3. The molecule has 0 aliphatic carbocycles. The lowest BCUT2D eigenvalue weighted by atomic mass is 9.95. The Morgan fingerprint density at radius 1 is 0.939 bits per heavy atom. The standard InChI is InChI=1S/C28H27N3O2/c1-3-19-9-11-22(12-10-19)27-24-25(21-13-15-23(33-2)16-14-21)29-30-26(24)28(32)31(27)18-17-20-7-5-4-6-8-20/h4-16,27H,3,17-18H2,1-2H3,(H,29,30)/t27-/m1/s1. The second kappa shape index (κ2) is 8.94. The SMILES string of the molecule is CCc1ccc([C@@H]2c3c(-c4ccc(OC)cc4)n[nH]c3C(=O)N2CCc2ccccc2)cc1. The molecule has 5 heteroatoms. The number of amides is 1. The molecule has 33 heavy (non-hydrogen) atoms. The van der Waals surface area contributed by atoms with Gasteiger partial charge in [-0.15, -0.1) is 0 Å². The quantitative estimate of drug-likeness (QED) is 0.419. The van der Waals surface area contributed by atoms with Crippen molar-refractivity contribution in [2.45, 2.75) is 25.8 Å². The number of carbonyl (C=O) groups is 1. The van der Waals surface area contributed by atoms with Crippen molar-refractivity contribution in [1.82, 2.24) is 15.1 Å². The molecule has 1 aliphatic heterocycles. The number of fused-ring (bicyclic) bond motifs is 1. The van der Waals surface area contributed by atoms with Crippen molar-refractivity contribution in [1.29, 1.82) is 0 Å². The van der Waals surface area contributed by atoms with Crippen LogP contribution in [-0.4, -0.2) is 34.7 Å². The van der Waals surface area contributed by atoms with E-state index in [1.165, 1.54) is 11.1 Å². The van der Waals surface area contributed by atoms with E-state index in [-0.39, 0.29) is 11.9 Å². The number of hydrogen-bond donors (Lipinski definition) is 1. The maximum Gasteiger partial charge on any atom is 0.273 e. The molecule has 0 fully saturated rings. The Morgan fingerprint density at radius 2 is 1.67 bits per heavy atom. The molecule has 5 nitrogen and oxygen atoms in total. The van der Waals surface area contributed by atoms with E-state index >= 15 is 0 Å². The van der Waals surface area contributed by atoms with E-state index in [1.54, 1.807) is 7.11 Å². The van der Waals surface area contributed by atoms with Gasteiger partial charge in [0.05, 0.1) is 18.8 Å². The molecular weight excluding hydrogens is 410 g/mol. The number of hydrogen-bond acceptors (Lipinski definition) is 3. The smallest absolute Gasteiger partial charge is 0.273 e. The fourth-order valence-electron chi connectivity index (χ4n) is 4.57. The van der Waals surface area contributed by atoms with Gasteiger partial charge in [0, 0.05) is 17.7 Å². The number of ether oxygens (including phenoxy) is 1. The van der Waals surface area contributed by atoms with Crippen molar-refractivity contribution in [2.75, 3.05) is 13.7 Å². The Labute approximate surface area is 194 Å². The first kappa shape index (κ1) is 21.0. The fourth-order valence-corrected chi connectivity index (χ4v) is 4.57. The lowest BCUT2D eigenvalue weighted by Gasteiger charge is -2.26. The zero-order chi connectivity index (χ0) is 22.8. The van der Waals surface area contributed by atoms with Crippen LogP contribution in [0.5, 0.6) is 5.75 Å². The van der Waals surface area contributed by atoms with Gasteiger partial charge in [-0.05, 0) is 53.8 Å².